The van der Waals surface area contributed by atoms with Gasteiger partial charge in [-0.1, -0.05) is 45.4 Å². The minimum absolute atomic E-state index is 0.0102. The first-order valence-corrected chi connectivity index (χ1v) is 14.0. The summed E-state index contributed by atoms with van der Waals surface area (Å²) in [6, 6.07) is 5.69. The molecule has 200 valence electrons. The zero-order valence-electron chi connectivity index (χ0n) is 21.1. The maximum atomic E-state index is 13.1. The molecule has 1 aliphatic carbocycles. The molecule has 0 radical (unpaired) electrons. The van der Waals surface area contributed by atoms with E-state index >= 15 is 0 Å². The number of esters is 1. The lowest BCUT2D eigenvalue weighted by Crippen LogP contribution is -2.27. The van der Waals surface area contributed by atoms with Crippen LogP contribution in [-0.2, 0) is 9.53 Å². The lowest BCUT2D eigenvalue weighted by atomic mass is 9.95. The first-order valence-electron chi connectivity index (χ1n) is 13.0. The summed E-state index contributed by atoms with van der Waals surface area (Å²) >= 11 is 1.59. The molecule has 1 fully saturated rings. The van der Waals surface area contributed by atoms with Gasteiger partial charge in [0.1, 0.15) is 18.2 Å². The molecule has 1 aromatic rings. The van der Waals surface area contributed by atoms with Crippen LogP contribution in [0.3, 0.4) is 0 Å². The third-order valence-electron chi connectivity index (χ3n) is 6.79. The Labute approximate surface area is 213 Å². The minimum Gasteiger partial charge on any atom is -0.493 e. The van der Waals surface area contributed by atoms with Crippen molar-refractivity contribution >= 4 is 17.7 Å². The van der Waals surface area contributed by atoms with E-state index in [2.05, 4.69) is 6.92 Å². The molecule has 0 spiro atoms. The van der Waals surface area contributed by atoms with E-state index in [1.54, 1.807) is 11.8 Å². The summed E-state index contributed by atoms with van der Waals surface area (Å²) in [5.74, 6) is 0.0374. The molecular weight excluding hydrogens is 471 g/mol. The molecule has 0 aromatic heterocycles. The number of carbonyl (C=O) groups excluding carboxylic acids is 1. The number of rotatable bonds is 17. The fourth-order valence-electron chi connectivity index (χ4n) is 4.70. The molecule has 3 N–H and O–H groups in total. The molecule has 0 saturated heterocycles. The van der Waals surface area contributed by atoms with Crippen LogP contribution in [0, 0.1) is 17.7 Å². The molecule has 0 aliphatic heterocycles. The van der Waals surface area contributed by atoms with Gasteiger partial charge in [0.25, 0.3) is 0 Å². The molecule has 0 bridgehead atoms. The van der Waals surface area contributed by atoms with Crippen LogP contribution in [0.2, 0.25) is 0 Å². The van der Waals surface area contributed by atoms with Crippen LogP contribution >= 0.6 is 11.8 Å². The summed E-state index contributed by atoms with van der Waals surface area (Å²) in [6.07, 6.45) is 6.99. The number of hydrogen-bond acceptors (Lipinski definition) is 7. The van der Waals surface area contributed by atoms with Gasteiger partial charge in [-0.15, -0.1) is 0 Å². The standard InChI is InChI=1S/C27H43FO6S/c1-3-4-6-10-21(29)18-35-26-23(24(30)16-25(26)31)11-8-5-7-9-19(27(32)33-2)17-34-22-14-12-20(28)13-15-22/h12-15,19,21,23-26,29-31H,3-11,16-18H2,1-2H3/t19?,21?,23-,24?,25?,26+/m0/s1. The van der Waals surface area contributed by atoms with Gasteiger partial charge in [0.15, 0.2) is 0 Å². The van der Waals surface area contributed by atoms with Gasteiger partial charge in [0.2, 0.25) is 0 Å². The van der Waals surface area contributed by atoms with E-state index in [0.717, 1.165) is 51.4 Å². The Morgan fingerprint density at radius 1 is 1.09 bits per heavy atom. The smallest absolute Gasteiger partial charge is 0.312 e. The molecule has 1 saturated carbocycles. The van der Waals surface area contributed by atoms with E-state index in [9.17, 15) is 24.5 Å². The van der Waals surface area contributed by atoms with E-state index in [0.29, 0.717) is 24.3 Å². The maximum Gasteiger partial charge on any atom is 0.312 e. The van der Waals surface area contributed by atoms with Crippen LogP contribution < -0.4 is 4.74 Å². The second kappa shape index (κ2) is 16.4. The third kappa shape index (κ3) is 10.7. The van der Waals surface area contributed by atoms with Crippen LogP contribution in [0.4, 0.5) is 4.39 Å². The fraction of sp³-hybridized carbons (Fsp3) is 0.741. The summed E-state index contributed by atoms with van der Waals surface area (Å²) < 4.78 is 23.6. The zero-order valence-corrected chi connectivity index (χ0v) is 21.9. The number of aliphatic hydroxyl groups excluding tert-OH is 3. The van der Waals surface area contributed by atoms with Crippen molar-refractivity contribution in [3.05, 3.63) is 30.1 Å². The molecule has 8 heteroatoms. The van der Waals surface area contributed by atoms with Gasteiger partial charge in [0.05, 0.1) is 31.3 Å². The number of unbranched alkanes of at least 4 members (excludes halogenated alkanes) is 4. The third-order valence-corrected chi connectivity index (χ3v) is 8.42. The predicted octanol–water partition coefficient (Wildman–Crippen LogP) is 4.73. The van der Waals surface area contributed by atoms with E-state index in [1.165, 1.54) is 31.4 Å². The van der Waals surface area contributed by atoms with Crippen LogP contribution in [0.15, 0.2) is 24.3 Å². The first-order chi connectivity index (χ1) is 16.8. The monoisotopic (exact) mass is 514 g/mol. The van der Waals surface area contributed by atoms with Gasteiger partial charge in [-0.25, -0.2) is 4.39 Å². The van der Waals surface area contributed by atoms with Crippen molar-refractivity contribution in [1.82, 2.24) is 0 Å². The second-order valence-corrected chi connectivity index (χ2v) is 10.8. The Bertz CT molecular complexity index is 718. The van der Waals surface area contributed by atoms with Crippen LogP contribution in [0.1, 0.15) is 71.1 Å². The Hall–Kier alpha value is -1.35. The number of hydrogen-bond donors (Lipinski definition) is 3. The van der Waals surface area contributed by atoms with Crippen molar-refractivity contribution < 1.29 is 34.0 Å². The number of methoxy groups -OCH3 is 1. The maximum absolute atomic E-state index is 13.1. The minimum atomic E-state index is -0.546. The number of carbonyl (C=O) groups is 1. The van der Waals surface area contributed by atoms with E-state index in [1.807, 2.05) is 0 Å². The van der Waals surface area contributed by atoms with Gasteiger partial charge < -0.3 is 24.8 Å². The predicted molar refractivity (Wildman–Crippen MR) is 137 cm³/mol. The van der Waals surface area contributed by atoms with Gasteiger partial charge in [-0.3, -0.25) is 4.79 Å². The first kappa shape index (κ1) is 29.9. The Balaban J connectivity index is 1.73. The van der Waals surface area contributed by atoms with E-state index < -0.39 is 18.1 Å². The van der Waals surface area contributed by atoms with E-state index in [4.69, 9.17) is 9.47 Å². The highest BCUT2D eigenvalue weighted by Gasteiger charge is 2.41. The Morgan fingerprint density at radius 2 is 1.80 bits per heavy atom. The Kier molecular flexibility index (Phi) is 14.0. The average Bonchev–Trinajstić information content (AvgIpc) is 3.11. The fourth-order valence-corrected chi connectivity index (χ4v) is 6.21. The van der Waals surface area contributed by atoms with Gasteiger partial charge >= 0.3 is 5.97 Å². The van der Waals surface area contributed by atoms with Crippen LogP contribution in [0.5, 0.6) is 5.75 Å². The number of halogens is 1. The number of thioether (sulfide) groups is 1. The van der Waals surface area contributed by atoms with Crippen molar-refractivity contribution in [1.29, 1.82) is 0 Å². The molecule has 1 aliphatic rings. The van der Waals surface area contributed by atoms with Crippen molar-refractivity contribution in [2.75, 3.05) is 19.5 Å². The summed E-state index contributed by atoms with van der Waals surface area (Å²) in [5.41, 5.74) is 0. The second-order valence-electron chi connectivity index (χ2n) is 9.60. The van der Waals surface area contributed by atoms with Crippen LogP contribution in [0.25, 0.3) is 0 Å². The Morgan fingerprint density at radius 3 is 2.49 bits per heavy atom. The van der Waals surface area contributed by atoms with Gasteiger partial charge in [-0.2, -0.15) is 11.8 Å². The molecule has 0 heterocycles. The normalized spacial score (nSPS) is 23.7. The van der Waals surface area contributed by atoms with Crippen LogP contribution in [-0.4, -0.2) is 64.3 Å². The molecular formula is C27H43FO6S. The number of aliphatic hydroxyl groups is 3. The highest BCUT2D eigenvalue weighted by molar-refractivity contribution is 8.00. The van der Waals surface area contributed by atoms with Crippen molar-refractivity contribution in [2.24, 2.45) is 11.8 Å². The van der Waals surface area contributed by atoms with Crippen molar-refractivity contribution in [3.8, 4) is 5.75 Å². The highest BCUT2D eigenvalue weighted by atomic mass is 32.2. The molecule has 2 rings (SSSR count). The highest BCUT2D eigenvalue weighted by Crippen LogP contribution is 2.39. The lowest BCUT2D eigenvalue weighted by Gasteiger charge is -2.24. The number of ether oxygens (including phenoxy) is 2. The van der Waals surface area contributed by atoms with Gasteiger partial charge in [-0.05, 0) is 49.4 Å². The van der Waals surface area contributed by atoms with E-state index in [-0.39, 0.29) is 35.7 Å². The molecule has 0 amide bonds. The number of benzene rings is 1. The zero-order chi connectivity index (χ0) is 25.6. The SMILES string of the molecule is CCCCCC(O)CS[C@H]1C(O)CC(O)[C@@H]1CCCCCC(COc1ccc(F)cc1)C(=O)OC. The summed E-state index contributed by atoms with van der Waals surface area (Å²) in [4.78, 5) is 12.1. The largest absolute Gasteiger partial charge is 0.493 e. The molecule has 4 unspecified atom stereocenters. The summed E-state index contributed by atoms with van der Waals surface area (Å²) in [6.45, 7) is 2.31. The van der Waals surface area contributed by atoms with Crippen molar-refractivity contribution in [2.45, 2.75) is 94.7 Å². The topological polar surface area (TPSA) is 96.2 Å². The molecule has 6 nitrogen and oxygen atoms in total. The average molecular weight is 515 g/mol. The van der Waals surface area contributed by atoms with Crippen molar-refractivity contribution in [3.63, 3.8) is 0 Å². The lowest BCUT2D eigenvalue weighted by molar-refractivity contribution is -0.146. The summed E-state index contributed by atoms with van der Waals surface area (Å²) in [7, 11) is 1.36. The molecule has 1 aromatic carbocycles. The quantitative estimate of drug-likeness (QED) is 0.204. The molecule has 35 heavy (non-hydrogen) atoms. The molecule has 6 atom stereocenters. The summed E-state index contributed by atoms with van der Waals surface area (Å²) in [5, 5.41) is 31.1. The van der Waals surface area contributed by atoms with Gasteiger partial charge in [0, 0.05) is 17.4 Å².